The molecule has 0 radical (unpaired) electrons. The number of hydrogen-bond acceptors (Lipinski definition) is 3. The predicted molar refractivity (Wildman–Crippen MR) is 79.6 cm³/mol. The zero-order valence-corrected chi connectivity index (χ0v) is 13.8. The van der Waals surface area contributed by atoms with Crippen LogP contribution in [-0.2, 0) is 10.0 Å². The Bertz CT molecular complexity index is 541. The van der Waals surface area contributed by atoms with Crippen molar-refractivity contribution in [3.8, 4) is 0 Å². The first-order valence-corrected chi connectivity index (χ1v) is 8.44. The van der Waals surface area contributed by atoms with Crippen LogP contribution in [-0.4, -0.2) is 25.7 Å². The smallest absolute Gasteiger partial charge is 0.240 e. The van der Waals surface area contributed by atoms with Crippen molar-refractivity contribution >= 4 is 26.0 Å². The standard InChI is InChI=1S/C13H20BrNO3S/c1-4-7-13(3,16)9-15-19(17,18)11-5-6-12(14)10(2)8-11/h5-6,8,15-16H,4,7,9H2,1-3H3. The zero-order chi connectivity index (χ0) is 14.7. The van der Waals surface area contributed by atoms with E-state index in [1.54, 1.807) is 19.1 Å². The number of aryl methyl sites for hydroxylation is 1. The Morgan fingerprint density at radius 3 is 2.58 bits per heavy atom. The summed E-state index contributed by atoms with van der Waals surface area (Å²) < 4.78 is 27.5. The first kappa shape index (κ1) is 16.6. The average Bonchev–Trinajstić information content (AvgIpc) is 2.30. The molecule has 1 unspecified atom stereocenters. The lowest BCUT2D eigenvalue weighted by molar-refractivity contribution is 0.0554. The fraction of sp³-hybridized carbons (Fsp3) is 0.538. The van der Waals surface area contributed by atoms with Crippen molar-refractivity contribution in [2.24, 2.45) is 0 Å². The van der Waals surface area contributed by atoms with E-state index in [4.69, 9.17) is 0 Å². The van der Waals surface area contributed by atoms with E-state index in [0.717, 1.165) is 16.5 Å². The number of rotatable bonds is 6. The van der Waals surface area contributed by atoms with Gasteiger partial charge >= 0.3 is 0 Å². The maximum atomic E-state index is 12.1. The van der Waals surface area contributed by atoms with Crippen LogP contribution in [0.2, 0.25) is 0 Å². The van der Waals surface area contributed by atoms with Gasteiger partial charge < -0.3 is 5.11 Å². The van der Waals surface area contributed by atoms with Crippen LogP contribution in [0.1, 0.15) is 32.3 Å². The highest BCUT2D eigenvalue weighted by Gasteiger charge is 2.23. The molecule has 6 heteroatoms. The Balaban J connectivity index is 2.84. The molecule has 19 heavy (non-hydrogen) atoms. The average molecular weight is 350 g/mol. The third-order valence-electron chi connectivity index (χ3n) is 2.87. The largest absolute Gasteiger partial charge is 0.389 e. The molecule has 0 amide bonds. The second kappa shape index (κ2) is 6.35. The lowest BCUT2D eigenvalue weighted by Gasteiger charge is -2.22. The van der Waals surface area contributed by atoms with Gasteiger partial charge in [-0.1, -0.05) is 29.3 Å². The molecule has 1 aromatic rings. The number of hydrogen-bond donors (Lipinski definition) is 2. The minimum Gasteiger partial charge on any atom is -0.389 e. The van der Waals surface area contributed by atoms with Crippen LogP contribution >= 0.6 is 15.9 Å². The summed E-state index contributed by atoms with van der Waals surface area (Å²) in [5.41, 5.74) is -0.171. The van der Waals surface area contributed by atoms with Gasteiger partial charge in [-0.15, -0.1) is 0 Å². The number of aliphatic hydroxyl groups is 1. The molecule has 0 saturated carbocycles. The molecule has 108 valence electrons. The molecule has 0 saturated heterocycles. The molecular formula is C13H20BrNO3S. The molecule has 0 aliphatic rings. The normalized spacial score (nSPS) is 15.2. The fourth-order valence-corrected chi connectivity index (χ4v) is 3.24. The Labute approximate surface area is 123 Å². The molecule has 1 atom stereocenters. The SMILES string of the molecule is CCCC(C)(O)CNS(=O)(=O)c1ccc(Br)c(C)c1. The van der Waals surface area contributed by atoms with Crippen molar-refractivity contribution in [1.82, 2.24) is 4.72 Å². The number of sulfonamides is 1. The maximum absolute atomic E-state index is 12.1. The molecule has 0 heterocycles. The van der Waals surface area contributed by atoms with Crippen LogP contribution in [0, 0.1) is 6.92 Å². The van der Waals surface area contributed by atoms with Crippen LogP contribution in [0.15, 0.2) is 27.6 Å². The van der Waals surface area contributed by atoms with Gasteiger partial charge in [-0.05, 0) is 44.0 Å². The Morgan fingerprint density at radius 1 is 1.42 bits per heavy atom. The van der Waals surface area contributed by atoms with E-state index < -0.39 is 15.6 Å². The van der Waals surface area contributed by atoms with Crippen molar-refractivity contribution in [3.63, 3.8) is 0 Å². The lowest BCUT2D eigenvalue weighted by atomic mass is 10.0. The Hall–Kier alpha value is -0.430. The van der Waals surface area contributed by atoms with Gasteiger partial charge in [-0.2, -0.15) is 0 Å². The fourth-order valence-electron chi connectivity index (χ4n) is 1.75. The molecule has 1 rings (SSSR count). The van der Waals surface area contributed by atoms with Gasteiger partial charge in [0.15, 0.2) is 0 Å². The Kier molecular flexibility index (Phi) is 5.55. The third kappa shape index (κ3) is 4.87. The summed E-state index contributed by atoms with van der Waals surface area (Å²) in [7, 11) is -3.58. The van der Waals surface area contributed by atoms with Crippen molar-refractivity contribution < 1.29 is 13.5 Å². The summed E-state index contributed by atoms with van der Waals surface area (Å²) in [5.74, 6) is 0. The first-order chi connectivity index (χ1) is 8.68. The molecule has 2 N–H and O–H groups in total. The van der Waals surface area contributed by atoms with E-state index >= 15 is 0 Å². The summed E-state index contributed by atoms with van der Waals surface area (Å²) in [6.45, 7) is 5.42. The number of benzene rings is 1. The predicted octanol–water partition coefficient (Wildman–Crippen LogP) is 2.59. The van der Waals surface area contributed by atoms with E-state index in [1.165, 1.54) is 6.07 Å². The van der Waals surface area contributed by atoms with E-state index in [1.807, 2.05) is 13.8 Å². The quantitative estimate of drug-likeness (QED) is 0.829. The van der Waals surface area contributed by atoms with Gasteiger partial charge in [-0.25, -0.2) is 13.1 Å². The summed E-state index contributed by atoms with van der Waals surface area (Å²) in [6.07, 6.45) is 1.35. The van der Waals surface area contributed by atoms with E-state index in [9.17, 15) is 13.5 Å². The number of halogens is 1. The monoisotopic (exact) mass is 349 g/mol. The van der Waals surface area contributed by atoms with Gasteiger partial charge in [0.2, 0.25) is 10.0 Å². The van der Waals surface area contributed by atoms with Crippen molar-refractivity contribution in [2.45, 2.75) is 44.1 Å². The van der Waals surface area contributed by atoms with Crippen molar-refractivity contribution in [2.75, 3.05) is 6.54 Å². The molecule has 1 aromatic carbocycles. The van der Waals surface area contributed by atoms with Gasteiger partial charge in [0.05, 0.1) is 10.5 Å². The van der Waals surface area contributed by atoms with Crippen LogP contribution in [0.4, 0.5) is 0 Å². The molecule has 0 aliphatic carbocycles. The minimum atomic E-state index is -3.58. The highest BCUT2D eigenvalue weighted by atomic mass is 79.9. The van der Waals surface area contributed by atoms with Crippen LogP contribution in [0.3, 0.4) is 0 Å². The molecular weight excluding hydrogens is 330 g/mol. The molecule has 0 spiro atoms. The third-order valence-corrected chi connectivity index (χ3v) is 5.16. The van der Waals surface area contributed by atoms with E-state index in [-0.39, 0.29) is 11.4 Å². The lowest BCUT2D eigenvalue weighted by Crippen LogP contribution is -2.40. The van der Waals surface area contributed by atoms with Gasteiger partial charge in [-0.3, -0.25) is 0 Å². The topological polar surface area (TPSA) is 66.4 Å². The van der Waals surface area contributed by atoms with Gasteiger partial charge in [0.25, 0.3) is 0 Å². The van der Waals surface area contributed by atoms with Crippen molar-refractivity contribution in [1.29, 1.82) is 0 Å². The summed E-state index contributed by atoms with van der Waals surface area (Å²) >= 11 is 3.33. The highest BCUT2D eigenvalue weighted by Crippen LogP contribution is 2.20. The Morgan fingerprint density at radius 2 is 2.05 bits per heavy atom. The molecule has 0 aliphatic heterocycles. The second-order valence-corrected chi connectivity index (χ2v) is 7.60. The van der Waals surface area contributed by atoms with Crippen LogP contribution in [0.5, 0.6) is 0 Å². The molecule has 0 aromatic heterocycles. The van der Waals surface area contributed by atoms with Gasteiger partial charge in [0, 0.05) is 11.0 Å². The van der Waals surface area contributed by atoms with Gasteiger partial charge in [0.1, 0.15) is 0 Å². The first-order valence-electron chi connectivity index (χ1n) is 6.16. The summed E-state index contributed by atoms with van der Waals surface area (Å²) in [6, 6.07) is 4.84. The van der Waals surface area contributed by atoms with E-state index in [0.29, 0.717) is 6.42 Å². The van der Waals surface area contributed by atoms with Crippen LogP contribution < -0.4 is 4.72 Å². The molecule has 4 nitrogen and oxygen atoms in total. The maximum Gasteiger partial charge on any atom is 0.240 e. The molecule has 0 bridgehead atoms. The summed E-state index contributed by atoms with van der Waals surface area (Å²) in [5, 5.41) is 9.99. The second-order valence-electron chi connectivity index (χ2n) is 4.98. The highest BCUT2D eigenvalue weighted by molar-refractivity contribution is 9.10. The summed E-state index contributed by atoms with van der Waals surface area (Å²) in [4.78, 5) is 0.209. The minimum absolute atomic E-state index is 0.0122. The van der Waals surface area contributed by atoms with Crippen LogP contribution in [0.25, 0.3) is 0 Å². The number of nitrogens with one attached hydrogen (secondary N) is 1. The van der Waals surface area contributed by atoms with E-state index in [2.05, 4.69) is 20.7 Å². The van der Waals surface area contributed by atoms with Crippen molar-refractivity contribution in [3.05, 3.63) is 28.2 Å². The molecule has 0 fully saturated rings. The zero-order valence-electron chi connectivity index (χ0n) is 11.4.